The molecule has 2 aliphatic rings. The first-order valence-electron chi connectivity index (χ1n) is 13.9. The minimum absolute atomic E-state index is 0.0604. The standard InChI is InChI=1S/C32H33N5O3S/c1-3-21-14-16-23(17-15-21)34-31(40)27(4-2)41-32-35-25-13-9-8-12-24(25)29-36-30(39)26(37(29)32)20-28(38)33-19-18-22-10-6-5-7-11-22/h5-17,26-27H,3-4,18-20H2,1-2H3,(H,33,38)(H,34,40). The molecule has 41 heavy (non-hydrogen) atoms. The lowest BCUT2D eigenvalue weighted by Gasteiger charge is -2.32. The maximum absolute atomic E-state index is 13.3. The number of para-hydroxylation sites is 1. The Balaban J connectivity index is 1.32. The summed E-state index contributed by atoms with van der Waals surface area (Å²) < 4.78 is 0. The van der Waals surface area contributed by atoms with Crippen molar-refractivity contribution >= 4 is 51.9 Å². The highest BCUT2D eigenvalue weighted by atomic mass is 32.2. The molecule has 0 fully saturated rings. The average Bonchev–Trinajstić information content (AvgIpc) is 3.32. The van der Waals surface area contributed by atoms with E-state index in [0.29, 0.717) is 36.1 Å². The summed E-state index contributed by atoms with van der Waals surface area (Å²) in [6, 6.07) is 24.4. The topological polar surface area (TPSA) is 103 Å². The van der Waals surface area contributed by atoms with Gasteiger partial charge in [0.1, 0.15) is 11.9 Å². The molecule has 0 saturated carbocycles. The summed E-state index contributed by atoms with van der Waals surface area (Å²) in [5, 5.41) is 5.96. The summed E-state index contributed by atoms with van der Waals surface area (Å²) in [6.45, 7) is 4.49. The molecule has 0 saturated heterocycles. The molecule has 2 N–H and O–H groups in total. The summed E-state index contributed by atoms with van der Waals surface area (Å²) in [5.74, 6) is -0.311. The fourth-order valence-electron chi connectivity index (χ4n) is 4.82. The van der Waals surface area contributed by atoms with Crippen molar-refractivity contribution in [2.75, 3.05) is 11.9 Å². The van der Waals surface area contributed by atoms with E-state index in [1.165, 1.54) is 17.3 Å². The maximum atomic E-state index is 13.3. The Morgan fingerprint density at radius 1 is 0.927 bits per heavy atom. The quantitative estimate of drug-likeness (QED) is 0.355. The molecule has 2 heterocycles. The number of carbonyl (C=O) groups is 3. The number of amides is 3. The second-order valence-electron chi connectivity index (χ2n) is 9.92. The molecule has 9 heteroatoms. The second kappa shape index (κ2) is 13.0. The number of fused-ring (bicyclic) bond motifs is 3. The highest BCUT2D eigenvalue weighted by molar-refractivity contribution is 8.15. The fourth-order valence-corrected chi connectivity index (χ4v) is 5.88. The highest BCUT2D eigenvalue weighted by Gasteiger charge is 2.43. The van der Waals surface area contributed by atoms with Crippen molar-refractivity contribution in [3.63, 3.8) is 0 Å². The first kappa shape index (κ1) is 28.3. The van der Waals surface area contributed by atoms with Crippen LogP contribution in [0, 0.1) is 0 Å². The molecule has 0 aliphatic carbocycles. The number of rotatable bonds is 10. The third-order valence-corrected chi connectivity index (χ3v) is 8.44. The zero-order chi connectivity index (χ0) is 28.8. The van der Waals surface area contributed by atoms with E-state index in [4.69, 9.17) is 4.99 Å². The third kappa shape index (κ3) is 6.57. The van der Waals surface area contributed by atoms with Gasteiger partial charge in [0.05, 0.1) is 17.4 Å². The van der Waals surface area contributed by atoms with Crippen LogP contribution in [0.5, 0.6) is 0 Å². The summed E-state index contributed by atoms with van der Waals surface area (Å²) in [6.07, 6.45) is 2.10. The molecular formula is C32H33N5O3S. The molecule has 8 nitrogen and oxygen atoms in total. The second-order valence-corrected chi connectivity index (χ2v) is 11.1. The van der Waals surface area contributed by atoms with Gasteiger partial charge in [-0.05, 0) is 54.7 Å². The molecule has 2 atom stereocenters. The lowest BCUT2D eigenvalue weighted by atomic mass is 10.1. The Labute approximate surface area is 244 Å². The van der Waals surface area contributed by atoms with Crippen molar-refractivity contribution in [3.05, 3.63) is 95.6 Å². The molecule has 210 valence electrons. The van der Waals surface area contributed by atoms with Gasteiger partial charge in [0.15, 0.2) is 5.17 Å². The van der Waals surface area contributed by atoms with Crippen LogP contribution in [0.3, 0.4) is 0 Å². The van der Waals surface area contributed by atoms with Gasteiger partial charge in [0, 0.05) is 17.8 Å². The number of benzene rings is 3. The average molecular weight is 568 g/mol. The number of aryl methyl sites for hydroxylation is 1. The van der Waals surface area contributed by atoms with E-state index in [9.17, 15) is 14.4 Å². The predicted molar refractivity (Wildman–Crippen MR) is 165 cm³/mol. The van der Waals surface area contributed by atoms with Crippen LogP contribution in [0.2, 0.25) is 0 Å². The van der Waals surface area contributed by atoms with E-state index in [-0.39, 0.29) is 18.2 Å². The lowest BCUT2D eigenvalue weighted by molar-refractivity contribution is -0.126. The molecule has 3 amide bonds. The number of amidine groups is 2. The van der Waals surface area contributed by atoms with E-state index in [1.54, 1.807) is 4.90 Å². The Bertz CT molecular complexity index is 1490. The van der Waals surface area contributed by atoms with Crippen LogP contribution in [0.25, 0.3) is 0 Å². The Kier molecular flexibility index (Phi) is 8.94. The molecule has 3 aromatic rings. The molecule has 0 radical (unpaired) electrons. The number of hydrogen-bond donors (Lipinski definition) is 2. The normalized spacial score (nSPS) is 16.3. The van der Waals surface area contributed by atoms with Gasteiger partial charge in [-0.25, -0.2) is 4.99 Å². The van der Waals surface area contributed by atoms with Gasteiger partial charge in [-0.2, -0.15) is 4.99 Å². The lowest BCUT2D eigenvalue weighted by Crippen LogP contribution is -2.47. The van der Waals surface area contributed by atoms with Gasteiger partial charge in [0.2, 0.25) is 11.8 Å². The van der Waals surface area contributed by atoms with Crippen molar-refractivity contribution < 1.29 is 14.4 Å². The Morgan fingerprint density at radius 3 is 2.39 bits per heavy atom. The molecular weight excluding hydrogens is 534 g/mol. The van der Waals surface area contributed by atoms with Crippen molar-refractivity contribution in [1.29, 1.82) is 0 Å². The molecule has 3 aromatic carbocycles. The van der Waals surface area contributed by atoms with Crippen LogP contribution in [0.4, 0.5) is 11.4 Å². The fraction of sp³-hybridized carbons (Fsp3) is 0.281. The molecule has 2 aliphatic heterocycles. The van der Waals surface area contributed by atoms with Gasteiger partial charge >= 0.3 is 0 Å². The number of thioether (sulfide) groups is 1. The molecule has 2 unspecified atom stereocenters. The van der Waals surface area contributed by atoms with Crippen molar-refractivity contribution in [3.8, 4) is 0 Å². The van der Waals surface area contributed by atoms with Gasteiger partial charge in [-0.15, -0.1) is 0 Å². The van der Waals surface area contributed by atoms with Crippen molar-refractivity contribution in [2.45, 2.75) is 50.8 Å². The van der Waals surface area contributed by atoms with E-state index in [0.717, 1.165) is 23.2 Å². The van der Waals surface area contributed by atoms with E-state index in [2.05, 4.69) is 22.5 Å². The van der Waals surface area contributed by atoms with E-state index >= 15 is 0 Å². The molecule has 0 bridgehead atoms. The van der Waals surface area contributed by atoms with Gasteiger partial charge in [0.25, 0.3) is 5.91 Å². The number of nitrogens with one attached hydrogen (secondary N) is 2. The van der Waals surface area contributed by atoms with Crippen LogP contribution in [0.15, 0.2) is 88.8 Å². The minimum Gasteiger partial charge on any atom is -0.356 e. The Morgan fingerprint density at radius 2 is 1.66 bits per heavy atom. The number of anilines is 1. The van der Waals surface area contributed by atoms with Gasteiger partial charge in [-0.1, -0.05) is 80.2 Å². The Hall–Kier alpha value is -4.24. The zero-order valence-corrected chi connectivity index (χ0v) is 24.0. The van der Waals surface area contributed by atoms with Crippen LogP contribution in [-0.4, -0.2) is 51.5 Å². The van der Waals surface area contributed by atoms with E-state index < -0.39 is 17.2 Å². The molecule has 0 spiro atoms. The predicted octanol–water partition coefficient (Wildman–Crippen LogP) is 5.11. The number of nitrogens with zero attached hydrogens (tertiary/aromatic N) is 3. The SMILES string of the molecule is CCc1ccc(NC(=O)C(CC)SC2=Nc3ccccc3C3=NC(=O)C(CC(=O)NCCc4ccccc4)N23)cc1. The smallest absolute Gasteiger partial charge is 0.271 e. The highest BCUT2D eigenvalue weighted by Crippen LogP contribution is 2.36. The first-order chi connectivity index (χ1) is 20.0. The summed E-state index contributed by atoms with van der Waals surface area (Å²) in [7, 11) is 0. The van der Waals surface area contributed by atoms with Crippen LogP contribution < -0.4 is 10.6 Å². The van der Waals surface area contributed by atoms with E-state index in [1.807, 2.05) is 85.8 Å². The molecule has 5 rings (SSSR count). The van der Waals surface area contributed by atoms with Crippen LogP contribution >= 0.6 is 11.8 Å². The number of carbonyl (C=O) groups excluding carboxylic acids is 3. The maximum Gasteiger partial charge on any atom is 0.271 e. The summed E-state index contributed by atoms with van der Waals surface area (Å²) in [4.78, 5) is 50.3. The van der Waals surface area contributed by atoms with Crippen LogP contribution in [-0.2, 0) is 27.2 Å². The third-order valence-electron chi connectivity index (χ3n) is 7.11. The summed E-state index contributed by atoms with van der Waals surface area (Å²) in [5.41, 5.74) is 4.45. The summed E-state index contributed by atoms with van der Waals surface area (Å²) >= 11 is 1.29. The van der Waals surface area contributed by atoms with Gasteiger partial charge in [-0.3, -0.25) is 19.3 Å². The minimum atomic E-state index is -0.830. The molecule has 0 aromatic heterocycles. The van der Waals surface area contributed by atoms with Gasteiger partial charge < -0.3 is 10.6 Å². The number of hydrogen-bond acceptors (Lipinski definition) is 6. The van der Waals surface area contributed by atoms with Crippen molar-refractivity contribution in [2.24, 2.45) is 9.98 Å². The zero-order valence-electron chi connectivity index (χ0n) is 23.2. The van der Waals surface area contributed by atoms with Crippen LogP contribution in [0.1, 0.15) is 43.4 Å². The first-order valence-corrected chi connectivity index (χ1v) is 14.8. The number of aliphatic imine (C=N–C) groups is 2. The monoisotopic (exact) mass is 567 g/mol. The largest absolute Gasteiger partial charge is 0.356 e. The van der Waals surface area contributed by atoms with Crippen molar-refractivity contribution in [1.82, 2.24) is 10.2 Å².